The Morgan fingerprint density at radius 2 is 1.84 bits per heavy atom. The van der Waals surface area contributed by atoms with E-state index in [1.807, 2.05) is 0 Å². The Bertz CT molecular complexity index is 780. The highest BCUT2D eigenvalue weighted by Gasteiger charge is 2.14. The third kappa shape index (κ3) is 1.81. The largest absolute Gasteiger partial charge is 0.398 e. The second kappa shape index (κ2) is 4.01. The predicted octanol–water partition coefficient (Wildman–Crippen LogP) is 3.23. The van der Waals surface area contributed by atoms with Crippen molar-refractivity contribution in [2.24, 2.45) is 0 Å². The molecule has 3 aromatic rings. The summed E-state index contributed by atoms with van der Waals surface area (Å²) < 4.78 is 39.6. The van der Waals surface area contributed by atoms with Gasteiger partial charge in [-0.3, -0.25) is 0 Å². The van der Waals surface area contributed by atoms with E-state index in [-0.39, 0.29) is 17.0 Å². The first-order valence-electron chi connectivity index (χ1n) is 5.45. The molecule has 1 aromatic heterocycles. The number of fused-ring (bicyclic) bond motifs is 1. The lowest BCUT2D eigenvalue weighted by atomic mass is 10.1. The second-order valence-corrected chi connectivity index (χ2v) is 4.07. The van der Waals surface area contributed by atoms with Crippen LogP contribution < -0.4 is 5.73 Å². The minimum atomic E-state index is -1.03. The number of nitrogens with one attached hydrogen (secondary N) is 1. The highest BCUT2D eigenvalue weighted by molar-refractivity contribution is 5.82. The first kappa shape index (κ1) is 11.6. The fourth-order valence-electron chi connectivity index (χ4n) is 1.89. The summed E-state index contributed by atoms with van der Waals surface area (Å²) in [6.45, 7) is 0. The number of H-pyrrole nitrogens is 1. The van der Waals surface area contributed by atoms with Crippen LogP contribution in [0.5, 0.6) is 0 Å². The molecule has 3 nitrogen and oxygen atoms in total. The van der Waals surface area contributed by atoms with Crippen molar-refractivity contribution in [1.29, 1.82) is 0 Å². The minimum absolute atomic E-state index is 0.112. The molecule has 0 aliphatic heterocycles. The summed E-state index contributed by atoms with van der Waals surface area (Å²) in [6, 6.07) is 6.17. The van der Waals surface area contributed by atoms with Crippen LogP contribution in [0.25, 0.3) is 22.4 Å². The number of nitrogen functional groups attached to an aromatic ring is 1. The van der Waals surface area contributed by atoms with E-state index in [1.165, 1.54) is 18.2 Å². The molecular formula is C13H8F3N3. The van der Waals surface area contributed by atoms with Crippen LogP contribution in [0.15, 0.2) is 30.3 Å². The number of nitrogens with two attached hydrogens (primary N) is 1. The van der Waals surface area contributed by atoms with Crippen molar-refractivity contribution in [2.75, 3.05) is 5.73 Å². The highest BCUT2D eigenvalue weighted by Crippen LogP contribution is 2.27. The van der Waals surface area contributed by atoms with E-state index in [1.54, 1.807) is 0 Å². The van der Waals surface area contributed by atoms with Gasteiger partial charge in [-0.1, -0.05) is 0 Å². The first-order chi connectivity index (χ1) is 9.06. The molecule has 2 aromatic carbocycles. The van der Waals surface area contributed by atoms with Gasteiger partial charge in [0.1, 0.15) is 17.2 Å². The predicted molar refractivity (Wildman–Crippen MR) is 65.8 cm³/mol. The smallest absolute Gasteiger partial charge is 0.186 e. The molecule has 0 bridgehead atoms. The molecule has 0 spiro atoms. The SMILES string of the molecule is Nc1cc(F)ccc1-c1nc2c(F)c(F)ccc2[nH]1. The van der Waals surface area contributed by atoms with Crippen LogP contribution in [-0.4, -0.2) is 9.97 Å². The van der Waals surface area contributed by atoms with Gasteiger partial charge in [-0.2, -0.15) is 0 Å². The molecule has 0 amide bonds. The molecule has 96 valence electrons. The Labute approximate surface area is 105 Å². The van der Waals surface area contributed by atoms with E-state index in [4.69, 9.17) is 5.73 Å². The van der Waals surface area contributed by atoms with Gasteiger partial charge in [-0.15, -0.1) is 0 Å². The van der Waals surface area contributed by atoms with E-state index in [9.17, 15) is 13.2 Å². The van der Waals surface area contributed by atoms with E-state index >= 15 is 0 Å². The van der Waals surface area contributed by atoms with Crippen molar-refractivity contribution in [3.05, 3.63) is 47.8 Å². The van der Waals surface area contributed by atoms with E-state index in [0.717, 1.165) is 12.1 Å². The molecule has 0 saturated heterocycles. The molecule has 0 radical (unpaired) electrons. The topological polar surface area (TPSA) is 54.7 Å². The number of aromatic nitrogens is 2. The summed E-state index contributed by atoms with van der Waals surface area (Å²) in [6.07, 6.45) is 0. The van der Waals surface area contributed by atoms with E-state index in [2.05, 4.69) is 9.97 Å². The average molecular weight is 263 g/mol. The molecule has 0 aliphatic carbocycles. The van der Waals surface area contributed by atoms with Gasteiger partial charge in [0, 0.05) is 11.3 Å². The number of anilines is 1. The van der Waals surface area contributed by atoms with Crippen molar-refractivity contribution in [2.45, 2.75) is 0 Å². The zero-order valence-electron chi connectivity index (χ0n) is 9.55. The summed E-state index contributed by atoms with van der Waals surface area (Å²) >= 11 is 0. The summed E-state index contributed by atoms with van der Waals surface area (Å²) in [5.41, 5.74) is 6.50. The number of benzene rings is 2. The molecule has 0 fully saturated rings. The summed E-state index contributed by atoms with van der Waals surface area (Å²) in [4.78, 5) is 6.78. The Hall–Kier alpha value is -2.50. The van der Waals surface area contributed by atoms with Gasteiger partial charge < -0.3 is 10.7 Å². The molecule has 0 aliphatic rings. The molecule has 1 heterocycles. The molecule has 3 rings (SSSR count). The third-order valence-corrected chi connectivity index (χ3v) is 2.81. The maximum atomic E-state index is 13.5. The van der Waals surface area contributed by atoms with Gasteiger partial charge >= 0.3 is 0 Å². The summed E-state index contributed by atoms with van der Waals surface area (Å²) in [5.74, 6) is -2.22. The molecule has 0 unspecified atom stereocenters. The standard InChI is InChI=1S/C13H8F3N3/c14-6-1-2-7(9(17)5-6)13-18-10-4-3-8(15)11(16)12(10)19-13/h1-5H,17H2,(H,18,19). The lowest BCUT2D eigenvalue weighted by molar-refractivity contribution is 0.515. The highest BCUT2D eigenvalue weighted by atomic mass is 19.2. The Morgan fingerprint density at radius 3 is 2.58 bits per heavy atom. The van der Waals surface area contributed by atoms with Crippen molar-refractivity contribution < 1.29 is 13.2 Å². The number of nitrogens with zero attached hydrogens (tertiary/aromatic N) is 1. The van der Waals surface area contributed by atoms with Gasteiger partial charge in [0.15, 0.2) is 11.6 Å². The van der Waals surface area contributed by atoms with E-state index in [0.29, 0.717) is 11.1 Å². The molecule has 6 heteroatoms. The van der Waals surface area contributed by atoms with Crippen LogP contribution in [0.2, 0.25) is 0 Å². The second-order valence-electron chi connectivity index (χ2n) is 4.07. The van der Waals surface area contributed by atoms with Crippen molar-refractivity contribution in [1.82, 2.24) is 9.97 Å². The van der Waals surface area contributed by atoms with Crippen molar-refractivity contribution >= 4 is 16.7 Å². The lowest BCUT2D eigenvalue weighted by Gasteiger charge is -2.01. The normalized spacial score (nSPS) is 11.1. The molecule has 19 heavy (non-hydrogen) atoms. The molecule has 3 N–H and O–H groups in total. The fourth-order valence-corrected chi connectivity index (χ4v) is 1.89. The van der Waals surface area contributed by atoms with Crippen LogP contribution in [-0.2, 0) is 0 Å². The monoisotopic (exact) mass is 263 g/mol. The van der Waals surface area contributed by atoms with Crippen molar-refractivity contribution in [3.63, 3.8) is 0 Å². The minimum Gasteiger partial charge on any atom is -0.398 e. The Balaban J connectivity index is 2.23. The number of rotatable bonds is 1. The third-order valence-electron chi connectivity index (χ3n) is 2.81. The number of halogens is 3. The fraction of sp³-hybridized carbons (Fsp3) is 0. The molecule has 0 atom stereocenters. The maximum absolute atomic E-state index is 13.5. The van der Waals surface area contributed by atoms with Crippen LogP contribution in [0, 0.1) is 17.5 Å². The van der Waals surface area contributed by atoms with E-state index < -0.39 is 17.5 Å². The Kier molecular flexibility index (Phi) is 2.45. The van der Waals surface area contributed by atoms with Crippen molar-refractivity contribution in [3.8, 4) is 11.4 Å². The molecular weight excluding hydrogens is 255 g/mol. The quantitative estimate of drug-likeness (QED) is 0.662. The van der Waals surface area contributed by atoms with Crippen LogP contribution >= 0.6 is 0 Å². The zero-order valence-corrected chi connectivity index (χ0v) is 9.55. The van der Waals surface area contributed by atoms with Crippen LogP contribution in [0.3, 0.4) is 0 Å². The number of aromatic amines is 1. The molecule has 0 saturated carbocycles. The summed E-state index contributed by atoms with van der Waals surface area (Å²) in [7, 11) is 0. The van der Waals surface area contributed by atoms with Gasteiger partial charge in [-0.05, 0) is 30.3 Å². The number of hydrogen-bond acceptors (Lipinski definition) is 2. The zero-order chi connectivity index (χ0) is 13.6. The lowest BCUT2D eigenvalue weighted by Crippen LogP contribution is -1.92. The van der Waals surface area contributed by atoms with Gasteiger partial charge in [0.2, 0.25) is 0 Å². The van der Waals surface area contributed by atoms with Gasteiger partial charge in [0.25, 0.3) is 0 Å². The number of hydrogen-bond donors (Lipinski definition) is 2. The Morgan fingerprint density at radius 1 is 1.05 bits per heavy atom. The van der Waals surface area contributed by atoms with Crippen LogP contribution in [0.1, 0.15) is 0 Å². The van der Waals surface area contributed by atoms with Gasteiger partial charge in [-0.25, -0.2) is 18.2 Å². The average Bonchev–Trinajstić information content (AvgIpc) is 2.78. The maximum Gasteiger partial charge on any atom is 0.186 e. The number of imidazole rings is 1. The van der Waals surface area contributed by atoms with Crippen LogP contribution in [0.4, 0.5) is 18.9 Å². The van der Waals surface area contributed by atoms with Gasteiger partial charge in [0.05, 0.1) is 5.52 Å². The first-order valence-corrected chi connectivity index (χ1v) is 5.45. The summed E-state index contributed by atoms with van der Waals surface area (Å²) in [5, 5.41) is 0.